The van der Waals surface area contributed by atoms with Crippen molar-refractivity contribution >= 4 is 16.9 Å². The Labute approximate surface area is 172 Å². The number of carbonyl (C=O) groups is 1. The number of furan rings is 1. The first-order chi connectivity index (χ1) is 14.7. The van der Waals surface area contributed by atoms with Crippen LogP contribution in [0.5, 0.6) is 5.75 Å². The molecule has 0 N–H and O–H groups in total. The molecule has 0 saturated heterocycles. The number of ether oxygens (including phenoxy) is 1. The van der Waals surface area contributed by atoms with E-state index in [-0.39, 0.29) is 23.6 Å². The van der Waals surface area contributed by atoms with Crippen molar-refractivity contribution < 1.29 is 18.4 Å². The van der Waals surface area contributed by atoms with Crippen LogP contribution < -0.4 is 10.2 Å². The van der Waals surface area contributed by atoms with Crippen molar-refractivity contribution in [2.24, 2.45) is 0 Å². The molecule has 2 aromatic heterocycles. The van der Waals surface area contributed by atoms with Gasteiger partial charge in [-0.1, -0.05) is 24.3 Å². The minimum absolute atomic E-state index is 0.0806. The highest BCUT2D eigenvalue weighted by atomic mass is 16.5. The lowest BCUT2D eigenvalue weighted by atomic mass is 9.98. The lowest BCUT2D eigenvalue weighted by Crippen LogP contribution is -2.29. The van der Waals surface area contributed by atoms with E-state index in [1.807, 2.05) is 31.2 Å². The lowest BCUT2D eigenvalue weighted by Gasteiger charge is -2.24. The molecule has 4 aromatic rings. The average molecular weight is 401 g/mol. The number of para-hydroxylation sites is 1. The molecule has 0 bridgehead atoms. The SMILES string of the molecule is CCOc1cccc(C2c3c(oc4ccccc4c3=O)C(=O)N2Cc2ccco2)c1. The van der Waals surface area contributed by atoms with E-state index in [4.69, 9.17) is 13.6 Å². The first kappa shape index (κ1) is 18.2. The molecule has 2 aromatic carbocycles. The predicted molar refractivity (Wildman–Crippen MR) is 111 cm³/mol. The maximum absolute atomic E-state index is 13.4. The number of fused-ring (bicyclic) bond motifs is 2. The van der Waals surface area contributed by atoms with E-state index in [9.17, 15) is 9.59 Å². The van der Waals surface area contributed by atoms with Crippen molar-refractivity contribution in [1.29, 1.82) is 0 Å². The monoisotopic (exact) mass is 401 g/mol. The lowest BCUT2D eigenvalue weighted by molar-refractivity contribution is 0.0701. The molecule has 1 unspecified atom stereocenters. The summed E-state index contributed by atoms with van der Waals surface area (Å²) in [5.74, 6) is 1.05. The van der Waals surface area contributed by atoms with Crippen LogP contribution in [-0.2, 0) is 6.54 Å². The minimum Gasteiger partial charge on any atom is -0.494 e. The van der Waals surface area contributed by atoms with Crippen LogP contribution in [0.4, 0.5) is 0 Å². The Morgan fingerprint density at radius 2 is 1.90 bits per heavy atom. The second kappa shape index (κ2) is 7.22. The van der Waals surface area contributed by atoms with Gasteiger partial charge in [0.1, 0.15) is 17.1 Å². The van der Waals surface area contributed by atoms with Gasteiger partial charge in [0.2, 0.25) is 5.76 Å². The molecular weight excluding hydrogens is 382 g/mol. The fraction of sp³-hybridized carbons (Fsp3) is 0.167. The largest absolute Gasteiger partial charge is 0.494 e. The number of benzene rings is 2. The Kier molecular flexibility index (Phi) is 4.39. The number of nitrogens with zero attached hydrogens (tertiary/aromatic N) is 1. The smallest absolute Gasteiger partial charge is 0.291 e. The van der Waals surface area contributed by atoms with Gasteiger partial charge in [0.25, 0.3) is 5.91 Å². The Hall–Kier alpha value is -3.80. The van der Waals surface area contributed by atoms with Gasteiger partial charge in [0.05, 0.1) is 36.4 Å². The Morgan fingerprint density at radius 1 is 1.03 bits per heavy atom. The van der Waals surface area contributed by atoms with Crippen LogP contribution in [0.25, 0.3) is 11.0 Å². The van der Waals surface area contributed by atoms with Crippen LogP contribution in [0.3, 0.4) is 0 Å². The highest BCUT2D eigenvalue weighted by Gasteiger charge is 2.43. The summed E-state index contributed by atoms with van der Waals surface area (Å²) in [6.07, 6.45) is 1.56. The van der Waals surface area contributed by atoms with E-state index in [1.165, 1.54) is 0 Å². The molecule has 5 rings (SSSR count). The van der Waals surface area contributed by atoms with Crippen molar-refractivity contribution in [1.82, 2.24) is 4.90 Å². The van der Waals surface area contributed by atoms with Crippen molar-refractivity contribution in [3.05, 3.63) is 99.8 Å². The molecule has 0 fully saturated rings. The predicted octanol–water partition coefficient (Wildman–Crippen LogP) is 4.53. The standard InChI is InChI=1S/C24H19NO5/c1-2-28-16-8-5-7-15(13-16)21-20-22(26)18-10-3-4-11-19(18)30-23(20)24(27)25(21)14-17-9-6-12-29-17/h3-13,21H,2,14H2,1H3. The minimum atomic E-state index is -0.598. The summed E-state index contributed by atoms with van der Waals surface area (Å²) < 4.78 is 17.0. The molecule has 30 heavy (non-hydrogen) atoms. The quantitative estimate of drug-likeness (QED) is 0.491. The fourth-order valence-corrected chi connectivity index (χ4v) is 3.99. The van der Waals surface area contributed by atoms with Gasteiger partial charge in [0.15, 0.2) is 5.43 Å². The summed E-state index contributed by atoms with van der Waals surface area (Å²) in [4.78, 5) is 28.4. The maximum atomic E-state index is 13.4. The Bertz CT molecular complexity index is 1290. The van der Waals surface area contributed by atoms with Crippen LogP contribution in [0, 0.1) is 0 Å². The van der Waals surface area contributed by atoms with Gasteiger partial charge in [-0.15, -0.1) is 0 Å². The second-order valence-electron chi connectivity index (χ2n) is 7.09. The fourth-order valence-electron chi connectivity index (χ4n) is 3.99. The molecule has 1 atom stereocenters. The van der Waals surface area contributed by atoms with Gasteiger partial charge in [-0.05, 0) is 48.9 Å². The molecule has 0 saturated carbocycles. The second-order valence-corrected chi connectivity index (χ2v) is 7.09. The number of rotatable bonds is 5. The summed E-state index contributed by atoms with van der Waals surface area (Å²) in [5.41, 5.74) is 1.33. The zero-order valence-corrected chi connectivity index (χ0v) is 16.3. The van der Waals surface area contributed by atoms with E-state index in [2.05, 4.69) is 0 Å². The Balaban J connectivity index is 1.72. The average Bonchev–Trinajstić information content (AvgIpc) is 3.37. The van der Waals surface area contributed by atoms with Crippen LogP contribution in [-0.4, -0.2) is 17.4 Å². The van der Waals surface area contributed by atoms with E-state index in [1.54, 1.807) is 47.6 Å². The van der Waals surface area contributed by atoms with E-state index < -0.39 is 6.04 Å². The third-order valence-corrected chi connectivity index (χ3v) is 5.26. The molecule has 6 nitrogen and oxygen atoms in total. The summed E-state index contributed by atoms with van der Waals surface area (Å²) in [6, 6.07) is 17.4. The maximum Gasteiger partial charge on any atom is 0.291 e. The zero-order chi connectivity index (χ0) is 20.7. The number of hydrogen-bond donors (Lipinski definition) is 0. The highest BCUT2D eigenvalue weighted by molar-refractivity contribution is 5.99. The normalized spacial score (nSPS) is 15.6. The Morgan fingerprint density at radius 3 is 2.70 bits per heavy atom. The summed E-state index contributed by atoms with van der Waals surface area (Å²) in [7, 11) is 0. The van der Waals surface area contributed by atoms with Gasteiger partial charge in [-0.2, -0.15) is 0 Å². The van der Waals surface area contributed by atoms with E-state index in [0.717, 1.165) is 5.56 Å². The first-order valence-corrected chi connectivity index (χ1v) is 9.79. The summed E-state index contributed by atoms with van der Waals surface area (Å²) in [5, 5.41) is 0.454. The topological polar surface area (TPSA) is 72.9 Å². The van der Waals surface area contributed by atoms with Crippen molar-refractivity contribution in [3.8, 4) is 5.75 Å². The molecular formula is C24H19NO5. The van der Waals surface area contributed by atoms with Gasteiger partial charge in [0, 0.05) is 0 Å². The molecule has 1 aliphatic heterocycles. The molecule has 3 heterocycles. The first-order valence-electron chi connectivity index (χ1n) is 9.79. The molecule has 1 amide bonds. The van der Waals surface area contributed by atoms with Crippen LogP contribution in [0.2, 0.25) is 0 Å². The van der Waals surface area contributed by atoms with Crippen molar-refractivity contribution in [2.45, 2.75) is 19.5 Å². The third kappa shape index (κ3) is 2.88. The highest BCUT2D eigenvalue weighted by Crippen LogP contribution is 2.39. The van der Waals surface area contributed by atoms with Crippen molar-refractivity contribution in [2.75, 3.05) is 6.61 Å². The third-order valence-electron chi connectivity index (χ3n) is 5.26. The van der Waals surface area contributed by atoms with Gasteiger partial charge >= 0.3 is 0 Å². The van der Waals surface area contributed by atoms with E-state index >= 15 is 0 Å². The summed E-state index contributed by atoms with van der Waals surface area (Å²) >= 11 is 0. The van der Waals surface area contributed by atoms with Gasteiger partial charge < -0.3 is 18.5 Å². The zero-order valence-electron chi connectivity index (χ0n) is 16.3. The van der Waals surface area contributed by atoms with Crippen LogP contribution in [0.1, 0.15) is 40.4 Å². The van der Waals surface area contributed by atoms with Crippen LogP contribution >= 0.6 is 0 Å². The number of hydrogen-bond acceptors (Lipinski definition) is 5. The molecule has 1 aliphatic rings. The van der Waals surface area contributed by atoms with Crippen molar-refractivity contribution in [3.63, 3.8) is 0 Å². The summed E-state index contributed by atoms with van der Waals surface area (Å²) in [6.45, 7) is 2.65. The van der Waals surface area contributed by atoms with E-state index in [0.29, 0.717) is 34.6 Å². The number of amides is 1. The molecule has 0 radical (unpaired) electrons. The number of carbonyl (C=O) groups excluding carboxylic acids is 1. The van der Waals surface area contributed by atoms with Crippen LogP contribution in [0.15, 0.2) is 80.6 Å². The molecule has 150 valence electrons. The molecule has 6 heteroatoms. The van der Waals surface area contributed by atoms with Gasteiger partial charge in [-0.25, -0.2) is 0 Å². The molecule has 0 spiro atoms. The molecule has 0 aliphatic carbocycles. The van der Waals surface area contributed by atoms with Gasteiger partial charge in [-0.3, -0.25) is 9.59 Å².